The summed E-state index contributed by atoms with van der Waals surface area (Å²) in [6.07, 6.45) is 0. The SMILES string of the molecule is [Na+].[Na+].[Na+].[Na+].[Na+].[Na+].[Na+].[Na+].[Na+].[Na+].[O-]C([O-])=S.[O-]C([O-])=S.[O-]C([O-])=S.[O-]C([O-])=S.[O-]C([O-])=S. The molecular formula is C5Na10O10S5. The molecular weight excluding hydrogens is 610 g/mol. The van der Waals surface area contributed by atoms with Crippen molar-refractivity contribution in [1.82, 2.24) is 0 Å². The monoisotopic (exact) mass is 610 g/mol. The van der Waals surface area contributed by atoms with Crippen LogP contribution < -0.4 is 347 Å². The van der Waals surface area contributed by atoms with Crippen LogP contribution in [0.3, 0.4) is 0 Å². The van der Waals surface area contributed by atoms with E-state index in [1.807, 2.05) is 0 Å². The molecule has 30 heavy (non-hydrogen) atoms. The summed E-state index contributed by atoms with van der Waals surface area (Å²) in [7, 11) is 0. The van der Waals surface area contributed by atoms with Crippen LogP contribution in [0.15, 0.2) is 0 Å². The second-order valence-electron chi connectivity index (χ2n) is 1.25. The fourth-order valence-corrected chi connectivity index (χ4v) is 0. The van der Waals surface area contributed by atoms with E-state index in [2.05, 4.69) is 61.1 Å². The summed E-state index contributed by atoms with van der Waals surface area (Å²) in [6, 6.07) is 0. The Labute approximate surface area is 422 Å². The van der Waals surface area contributed by atoms with Gasteiger partial charge in [-0.1, -0.05) is 0 Å². The van der Waals surface area contributed by atoms with Gasteiger partial charge in [0.2, 0.25) is 0 Å². The van der Waals surface area contributed by atoms with E-state index in [0.29, 0.717) is 0 Å². The molecule has 0 amide bonds. The third kappa shape index (κ3) is 642. The van der Waals surface area contributed by atoms with Crippen LogP contribution in [-0.2, 0) is 0 Å². The van der Waals surface area contributed by atoms with Crippen molar-refractivity contribution in [2.45, 2.75) is 0 Å². The smallest absolute Gasteiger partial charge is 0.876 e. The maximum atomic E-state index is 8.70. The predicted molar refractivity (Wildman–Crippen MR) is 63.0 cm³/mol. The molecule has 0 N–H and O–H groups in total. The van der Waals surface area contributed by atoms with E-state index in [9.17, 15) is 0 Å². The molecule has 0 aliphatic rings. The van der Waals surface area contributed by atoms with Gasteiger partial charge >= 0.3 is 296 Å². The van der Waals surface area contributed by atoms with Crippen molar-refractivity contribution in [1.29, 1.82) is 0 Å². The molecule has 0 atom stereocenters. The zero-order valence-electron chi connectivity index (χ0n) is 18.6. The zero-order valence-corrected chi connectivity index (χ0v) is 42.7. The van der Waals surface area contributed by atoms with Gasteiger partial charge in [-0.3, -0.25) is 0 Å². The summed E-state index contributed by atoms with van der Waals surface area (Å²) >= 11 is 17.1. The van der Waals surface area contributed by atoms with E-state index in [1.54, 1.807) is 0 Å². The van der Waals surface area contributed by atoms with Gasteiger partial charge in [0, 0.05) is 0 Å². The van der Waals surface area contributed by atoms with Gasteiger partial charge in [0.05, 0.1) is 0 Å². The molecule has 0 heterocycles. The van der Waals surface area contributed by atoms with Crippen molar-refractivity contribution < 1.29 is 347 Å². The Kier molecular flexibility index (Phi) is 296. The van der Waals surface area contributed by atoms with Crippen molar-refractivity contribution in [2.75, 3.05) is 0 Å². The Morgan fingerprint density at radius 3 is 0.233 bits per heavy atom. The fraction of sp³-hybridized carbons (Fsp3) is 0. The van der Waals surface area contributed by atoms with E-state index < -0.39 is 26.2 Å². The van der Waals surface area contributed by atoms with Crippen molar-refractivity contribution >= 4 is 87.3 Å². The standard InChI is InChI=1S/5CH2O2S.10Na/c5*2-1(3)4;;;;;;;;;;/h5*(H2,2,3,4);;;;;;;;;;/q;;;;;10*+1/p-10. The first-order valence-electron chi connectivity index (χ1n) is 3.06. The van der Waals surface area contributed by atoms with Crippen LogP contribution in [0.2, 0.25) is 0 Å². The Balaban J connectivity index is -0.00000000666. The molecule has 0 aromatic rings. The molecule has 0 aromatic heterocycles. The van der Waals surface area contributed by atoms with Crippen LogP contribution in [0.4, 0.5) is 0 Å². The zero-order chi connectivity index (χ0) is 17.9. The maximum Gasteiger partial charge on any atom is 1.00 e. The number of thiocarbonyl (C=S) groups is 5. The van der Waals surface area contributed by atoms with Gasteiger partial charge in [-0.2, -0.15) is 0 Å². The van der Waals surface area contributed by atoms with Gasteiger partial charge in [-0.05, 0) is 0 Å². The summed E-state index contributed by atoms with van der Waals surface area (Å²) in [5, 5.41) is 79.5. The van der Waals surface area contributed by atoms with Crippen LogP contribution in [-0.4, -0.2) is 26.2 Å². The topological polar surface area (TPSA) is 231 Å². The first kappa shape index (κ1) is 98.1. The average Bonchev–Trinajstić information content (AvgIpc) is 1.94. The Bertz CT molecular complexity index is 242. The summed E-state index contributed by atoms with van der Waals surface area (Å²) in [6.45, 7) is 0. The molecule has 0 spiro atoms. The number of hydrogen-bond donors (Lipinski definition) is 0. The van der Waals surface area contributed by atoms with E-state index in [0.717, 1.165) is 0 Å². The first-order chi connectivity index (χ1) is 8.66. The van der Waals surface area contributed by atoms with Crippen LogP contribution in [0.5, 0.6) is 0 Å². The largest absolute Gasteiger partial charge is 1.00 e. The Morgan fingerprint density at radius 2 is 0.233 bits per heavy atom. The molecule has 0 saturated carbocycles. The predicted octanol–water partition coefficient (Wildman–Crippen LogP) is -40.0. The first-order valence-corrected chi connectivity index (χ1v) is 5.10. The minimum absolute atomic E-state index is 0. The molecule has 0 aromatic carbocycles. The molecule has 0 fully saturated rings. The van der Waals surface area contributed by atoms with Gasteiger partial charge < -0.3 is 51.1 Å². The molecule has 120 valence electrons. The van der Waals surface area contributed by atoms with Crippen molar-refractivity contribution in [3.05, 3.63) is 0 Å². The van der Waals surface area contributed by atoms with E-state index >= 15 is 0 Å². The van der Waals surface area contributed by atoms with Crippen LogP contribution >= 0.6 is 61.1 Å². The van der Waals surface area contributed by atoms with Crippen LogP contribution in [0, 0.1) is 0 Å². The maximum absolute atomic E-state index is 8.70. The molecule has 25 heteroatoms. The molecule has 10 nitrogen and oxygen atoms in total. The summed E-state index contributed by atoms with van der Waals surface area (Å²) in [4.78, 5) is 0. The quantitative estimate of drug-likeness (QED) is 0.183. The van der Waals surface area contributed by atoms with E-state index in [1.165, 1.54) is 0 Å². The summed E-state index contributed by atoms with van der Waals surface area (Å²) in [5.74, 6) is 0. The van der Waals surface area contributed by atoms with E-state index in [-0.39, 0.29) is 296 Å². The van der Waals surface area contributed by atoms with Gasteiger partial charge in [0.25, 0.3) is 0 Å². The van der Waals surface area contributed by atoms with Crippen LogP contribution in [0.25, 0.3) is 0 Å². The molecule has 0 unspecified atom stereocenters. The minimum Gasteiger partial charge on any atom is -0.876 e. The van der Waals surface area contributed by atoms with Crippen molar-refractivity contribution in [3.63, 3.8) is 0 Å². The van der Waals surface area contributed by atoms with Crippen molar-refractivity contribution in [3.8, 4) is 0 Å². The van der Waals surface area contributed by atoms with Crippen molar-refractivity contribution in [2.24, 2.45) is 0 Å². The second kappa shape index (κ2) is 90.5. The third-order valence-electron chi connectivity index (χ3n) is 0. The number of rotatable bonds is 0. The Morgan fingerprint density at radius 1 is 0.233 bits per heavy atom. The molecule has 0 aliphatic heterocycles. The second-order valence-corrected chi connectivity index (χ2v) is 2.92. The van der Waals surface area contributed by atoms with Gasteiger partial charge in [0.15, 0.2) is 0 Å². The number of hydrogen-bond acceptors (Lipinski definition) is 15. The molecule has 0 radical (unpaired) electrons. The normalized spacial score (nSPS) is 4.00. The van der Waals surface area contributed by atoms with E-state index in [4.69, 9.17) is 51.1 Å². The average molecular weight is 610 g/mol. The minimum atomic E-state index is -1.50. The third-order valence-corrected chi connectivity index (χ3v) is 0. The van der Waals surface area contributed by atoms with Gasteiger partial charge in [-0.15, -0.1) is 87.3 Å². The van der Waals surface area contributed by atoms with Crippen LogP contribution in [0.1, 0.15) is 0 Å². The summed E-state index contributed by atoms with van der Waals surface area (Å²) in [5.41, 5.74) is 0. The molecule has 0 rings (SSSR count). The van der Waals surface area contributed by atoms with Gasteiger partial charge in [-0.25, -0.2) is 0 Å². The molecule has 0 aliphatic carbocycles. The summed E-state index contributed by atoms with van der Waals surface area (Å²) < 4.78 is 0. The van der Waals surface area contributed by atoms with Gasteiger partial charge in [0.1, 0.15) is 0 Å². The molecule has 0 bridgehead atoms. The fourth-order valence-electron chi connectivity index (χ4n) is 0. The Hall–Kier alpha value is 8.45. The molecule has 0 saturated heterocycles.